The first-order chi connectivity index (χ1) is 9.95. The van der Waals surface area contributed by atoms with Gasteiger partial charge in [-0.3, -0.25) is 9.59 Å². The van der Waals surface area contributed by atoms with Crippen LogP contribution in [0.1, 0.15) is 25.3 Å². The normalized spacial score (nSPS) is 10.9. The van der Waals surface area contributed by atoms with Gasteiger partial charge in [0.25, 0.3) is 5.91 Å². The van der Waals surface area contributed by atoms with Gasteiger partial charge in [0, 0.05) is 11.9 Å². The van der Waals surface area contributed by atoms with E-state index in [2.05, 4.69) is 10.6 Å². The van der Waals surface area contributed by atoms with Gasteiger partial charge < -0.3 is 15.7 Å². The Bertz CT molecular complexity index is 600. The van der Waals surface area contributed by atoms with Gasteiger partial charge in [-0.2, -0.15) is 5.26 Å². The molecular weight excluding hydrogens is 270 g/mol. The van der Waals surface area contributed by atoms with Gasteiger partial charge in [-0.15, -0.1) is 0 Å². The fourth-order valence-electron chi connectivity index (χ4n) is 1.68. The summed E-state index contributed by atoms with van der Waals surface area (Å²) in [6, 6.07) is 9.29. The number of aliphatic carboxylic acids is 1. The number of nitrogens with one attached hydrogen (secondary N) is 2. The van der Waals surface area contributed by atoms with E-state index in [1.54, 1.807) is 6.07 Å². The minimum atomic E-state index is -1.17. The average molecular weight is 287 g/mol. The Morgan fingerprint density at radius 3 is 2.62 bits per heavy atom. The summed E-state index contributed by atoms with van der Waals surface area (Å²) in [4.78, 5) is 22.0. The number of anilines is 1. The average Bonchev–Trinajstić information content (AvgIpc) is 2.45. The Labute approximate surface area is 123 Å². The lowest BCUT2D eigenvalue weighted by molar-refractivity contribution is -0.137. The van der Waals surface area contributed by atoms with Crippen LogP contribution < -0.4 is 10.6 Å². The number of carbonyl (C=O) groups is 2. The lowest BCUT2D eigenvalue weighted by Gasteiger charge is -2.12. The van der Waals surface area contributed by atoms with Gasteiger partial charge in [0.2, 0.25) is 0 Å². The summed E-state index contributed by atoms with van der Waals surface area (Å²) in [6.45, 7) is 3.55. The van der Waals surface area contributed by atoms with E-state index in [0.717, 1.165) is 11.3 Å². The number of rotatable bonds is 6. The van der Waals surface area contributed by atoms with Crippen molar-refractivity contribution in [3.8, 4) is 6.07 Å². The molecule has 0 saturated carbocycles. The van der Waals surface area contributed by atoms with Gasteiger partial charge >= 0.3 is 5.97 Å². The molecular formula is C15H17N3O3. The van der Waals surface area contributed by atoms with Gasteiger partial charge in [-0.05, 0) is 17.5 Å². The van der Waals surface area contributed by atoms with Gasteiger partial charge in [0.1, 0.15) is 18.2 Å². The molecule has 1 aromatic carbocycles. The van der Waals surface area contributed by atoms with Crippen molar-refractivity contribution in [3.05, 3.63) is 41.6 Å². The molecule has 0 atom stereocenters. The fourth-order valence-corrected chi connectivity index (χ4v) is 1.68. The van der Waals surface area contributed by atoms with Gasteiger partial charge in [-0.25, -0.2) is 0 Å². The first kappa shape index (κ1) is 16.2. The molecule has 0 aromatic heterocycles. The third kappa shape index (κ3) is 4.99. The Morgan fingerprint density at radius 1 is 1.38 bits per heavy atom. The smallest absolute Gasteiger partial charge is 0.322 e. The second kappa shape index (κ2) is 7.70. The zero-order valence-corrected chi connectivity index (χ0v) is 11.9. The van der Waals surface area contributed by atoms with Crippen molar-refractivity contribution in [2.75, 3.05) is 11.9 Å². The van der Waals surface area contributed by atoms with Crippen LogP contribution in [0.2, 0.25) is 0 Å². The number of hydrogen-bond donors (Lipinski definition) is 3. The quantitative estimate of drug-likeness (QED) is 0.547. The highest BCUT2D eigenvalue weighted by Crippen LogP contribution is 2.23. The number of carboxylic acid groups (broad SMARTS) is 1. The summed E-state index contributed by atoms with van der Waals surface area (Å²) in [5.41, 5.74) is 1.66. The summed E-state index contributed by atoms with van der Waals surface area (Å²) in [5.74, 6) is -1.61. The summed E-state index contributed by atoms with van der Waals surface area (Å²) in [5, 5.41) is 22.5. The van der Waals surface area contributed by atoms with Crippen LogP contribution in [0.25, 0.3) is 0 Å². The van der Waals surface area contributed by atoms with Crippen molar-refractivity contribution >= 4 is 17.6 Å². The molecule has 0 saturated heterocycles. The van der Waals surface area contributed by atoms with Crippen molar-refractivity contribution in [3.63, 3.8) is 0 Å². The highest BCUT2D eigenvalue weighted by atomic mass is 16.4. The van der Waals surface area contributed by atoms with E-state index in [4.69, 9.17) is 10.4 Å². The van der Waals surface area contributed by atoms with E-state index in [-0.39, 0.29) is 11.5 Å². The molecule has 110 valence electrons. The third-order valence-electron chi connectivity index (χ3n) is 2.72. The second-order valence-electron chi connectivity index (χ2n) is 4.63. The maximum Gasteiger partial charge on any atom is 0.322 e. The molecule has 0 fully saturated rings. The topological polar surface area (TPSA) is 102 Å². The Hall–Kier alpha value is -2.81. The Kier molecular flexibility index (Phi) is 5.96. The summed E-state index contributed by atoms with van der Waals surface area (Å²) in [7, 11) is 0. The molecule has 1 amide bonds. The zero-order chi connectivity index (χ0) is 15.8. The van der Waals surface area contributed by atoms with Crippen LogP contribution in [0, 0.1) is 11.3 Å². The van der Waals surface area contributed by atoms with Crippen molar-refractivity contribution < 1.29 is 14.7 Å². The highest BCUT2D eigenvalue weighted by molar-refractivity contribution is 5.98. The number of benzene rings is 1. The predicted molar refractivity (Wildman–Crippen MR) is 78.5 cm³/mol. The molecule has 1 aromatic rings. The van der Waals surface area contributed by atoms with Crippen LogP contribution in [0.3, 0.4) is 0 Å². The van der Waals surface area contributed by atoms with E-state index in [1.165, 1.54) is 6.20 Å². The number of carboxylic acids is 1. The molecule has 0 bridgehead atoms. The number of hydrogen-bond acceptors (Lipinski definition) is 4. The van der Waals surface area contributed by atoms with Crippen LogP contribution in [0.15, 0.2) is 36.0 Å². The Balaban J connectivity index is 2.84. The molecule has 0 aliphatic heterocycles. The van der Waals surface area contributed by atoms with Crippen LogP contribution in [-0.2, 0) is 9.59 Å². The summed E-state index contributed by atoms with van der Waals surface area (Å²) in [6.07, 6.45) is 1.28. The molecule has 0 aliphatic rings. The van der Waals surface area contributed by atoms with Crippen molar-refractivity contribution in [1.29, 1.82) is 5.26 Å². The maximum atomic E-state index is 11.6. The monoisotopic (exact) mass is 287 g/mol. The largest absolute Gasteiger partial charge is 0.480 e. The SMILES string of the molecule is CC(C)c1ccccc1N/C=C(/C#N)C(=O)NCC(=O)O. The van der Waals surface area contributed by atoms with Crippen molar-refractivity contribution in [2.24, 2.45) is 0 Å². The number of para-hydroxylation sites is 1. The first-order valence-corrected chi connectivity index (χ1v) is 6.41. The van der Waals surface area contributed by atoms with Crippen LogP contribution in [0.4, 0.5) is 5.69 Å². The fraction of sp³-hybridized carbons (Fsp3) is 0.267. The van der Waals surface area contributed by atoms with E-state index in [0.29, 0.717) is 0 Å². The van der Waals surface area contributed by atoms with Gasteiger partial charge in [0.05, 0.1) is 0 Å². The molecule has 3 N–H and O–H groups in total. The summed E-state index contributed by atoms with van der Waals surface area (Å²) >= 11 is 0. The van der Waals surface area contributed by atoms with E-state index < -0.39 is 18.4 Å². The maximum absolute atomic E-state index is 11.6. The van der Waals surface area contributed by atoms with Crippen LogP contribution in [0.5, 0.6) is 0 Å². The van der Waals surface area contributed by atoms with E-state index in [1.807, 2.05) is 38.1 Å². The molecule has 6 nitrogen and oxygen atoms in total. The number of carbonyl (C=O) groups excluding carboxylic acids is 1. The second-order valence-corrected chi connectivity index (χ2v) is 4.63. The lowest BCUT2D eigenvalue weighted by atomic mass is 10.0. The van der Waals surface area contributed by atoms with Crippen molar-refractivity contribution in [2.45, 2.75) is 19.8 Å². The van der Waals surface area contributed by atoms with Crippen molar-refractivity contribution in [1.82, 2.24) is 5.32 Å². The molecule has 0 spiro atoms. The molecule has 0 heterocycles. The van der Waals surface area contributed by atoms with Gasteiger partial charge in [0.15, 0.2) is 0 Å². The number of nitriles is 1. The minimum Gasteiger partial charge on any atom is -0.480 e. The lowest BCUT2D eigenvalue weighted by Crippen LogP contribution is -2.30. The molecule has 0 unspecified atom stereocenters. The van der Waals surface area contributed by atoms with E-state index >= 15 is 0 Å². The number of amides is 1. The van der Waals surface area contributed by atoms with Crippen LogP contribution >= 0.6 is 0 Å². The third-order valence-corrected chi connectivity index (χ3v) is 2.72. The molecule has 21 heavy (non-hydrogen) atoms. The van der Waals surface area contributed by atoms with Gasteiger partial charge in [-0.1, -0.05) is 32.0 Å². The molecule has 6 heteroatoms. The number of nitrogens with zero attached hydrogens (tertiary/aromatic N) is 1. The summed E-state index contributed by atoms with van der Waals surface area (Å²) < 4.78 is 0. The van der Waals surface area contributed by atoms with Crippen LogP contribution in [-0.4, -0.2) is 23.5 Å². The predicted octanol–water partition coefficient (Wildman–Crippen LogP) is 1.83. The first-order valence-electron chi connectivity index (χ1n) is 6.41. The minimum absolute atomic E-state index is 0.185. The zero-order valence-electron chi connectivity index (χ0n) is 11.9. The molecule has 0 radical (unpaired) electrons. The molecule has 1 rings (SSSR count). The Morgan fingerprint density at radius 2 is 2.05 bits per heavy atom. The standard InChI is InChI=1S/C15H17N3O3/c1-10(2)12-5-3-4-6-13(12)17-8-11(7-16)15(21)18-9-14(19)20/h3-6,8,10,17H,9H2,1-2H3,(H,18,21)(H,19,20)/b11-8-. The molecule has 0 aliphatic carbocycles. The van der Waals surface area contributed by atoms with E-state index in [9.17, 15) is 9.59 Å². The highest BCUT2D eigenvalue weighted by Gasteiger charge is 2.10.